The number of carbonyl (C=O) groups is 2. The molecule has 1 aromatic rings. The Morgan fingerprint density at radius 1 is 1.33 bits per heavy atom. The van der Waals surface area contributed by atoms with Crippen LogP contribution in [0.15, 0.2) is 30.3 Å². The largest absolute Gasteiger partial charge is 0.448 e. The van der Waals surface area contributed by atoms with E-state index in [0.717, 1.165) is 5.56 Å². The topological polar surface area (TPSA) is 49.9 Å². The quantitative estimate of drug-likeness (QED) is 0.807. The van der Waals surface area contributed by atoms with E-state index < -0.39 is 0 Å². The molecular formula is C16H22N2O3. The zero-order chi connectivity index (χ0) is 15.2. The molecule has 1 saturated heterocycles. The van der Waals surface area contributed by atoms with Crippen LogP contribution < -0.4 is 0 Å². The molecule has 0 spiro atoms. The molecule has 5 heteroatoms. The number of nitrogens with zero attached hydrogens (tertiary/aromatic N) is 2. The van der Waals surface area contributed by atoms with Gasteiger partial charge in [0.25, 0.3) is 0 Å². The number of rotatable bonds is 6. The average molecular weight is 290 g/mol. The van der Waals surface area contributed by atoms with E-state index in [0.29, 0.717) is 32.7 Å². The van der Waals surface area contributed by atoms with Crippen molar-refractivity contribution in [3.05, 3.63) is 35.9 Å². The van der Waals surface area contributed by atoms with Crippen molar-refractivity contribution in [3.63, 3.8) is 0 Å². The fourth-order valence-corrected chi connectivity index (χ4v) is 2.34. The Balaban J connectivity index is 1.91. The summed E-state index contributed by atoms with van der Waals surface area (Å²) in [6.45, 7) is 6.03. The van der Waals surface area contributed by atoms with Gasteiger partial charge < -0.3 is 14.5 Å². The molecule has 114 valence electrons. The first kappa shape index (κ1) is 15.4. The summed E-state index contributed by atoms with van der Waals surface area (Å²) in [4.78, 5) is 27.2. The lowest BCUT2D eigenvalue weighted by Gasteiger charge is -2.27. The maximum Gasteiger partial charge on any atom is 0.409 e. The predicted molar refractivity (Wildman–Crippen MR) is 79.7 cm³/mol. The molecule has 0 saturated carbocycles. The molecule has 0 aromatic heterocycles. The molecule has 1 aliphatic heterocycles. The number of hydrogen-bond acceptors (Lipinski definition) is 3. The van der Waals surface area contributed by atoms with Gasteiger partial charge in [-0.3, -0.25) is 4.79 Å². The summed E-state index contributed by atoms with van der Waals surface area (Å²) in [5, 5.41) is 0. The summed E-state index contributed by atoms with van der Waals surface area (Å²) in [7, 11) is 0. The molecular weight excluding hydrogens is 268 g/mol. The summed E-state index contributed by atoms with van der Waals surface area (Å²) in [6.07, 6.45) is 0.0158. The Hall–Kier alpha value is -2.04. The first-order valence-corrected chi connectivity index (χ1v) is 7.33. The lowest BCUT2D eigenvalue weighted by Crippen LogP contribution is -2.38. The third kappa shape index (κ3) is 4.21. The zero-order valence-electron chi connectivity index (χ0n) is 12.6. The van der Waals surface area contributed by atoms with Crippen molar-refractivity contribution < 1.29 is 14.3 Å². The predicted octanol–water partition coefficient (Wildman–Crippen LogP) is 2.27. The minimum atomic E-state index is -0.318. The van der Waals surface area contributed by atoms with Crippen LogP contribution in [0.5, 0.6) is 0 Å². The van der Waals surface area contributed by atoms with Crippen molar-refractivity contribution in [2.24, 2.45) is 0 Å². The summed E-state index contributed by atoms with van der Waals surface area (Å²) in [6, 6.07) is 10.1. The third-order valence-corrected chi connectivity index (χ3v) is 3.58. The number of cyclic esters (lactones) is 1. The SMILES string of the molecule is CC(C)N(Cc1ccccc1)C(=O)CCN1CCOC1=O. The molecule has 2 rings (SSSR count). The van der Waals surface area contributed by atoms with Crippen LogP contribution in [-0.4, -0.2) is 47.5 Å². The smallest absolute Gasteiger partial charge is 0.409 e. The van der Waals surface area contributed by atoms with Crippen molar-refractivity contribution in [2.45, 2.75) is 32.9 Å². The fourth-order valence-electron chi connectivity index (χ4n) is 2.34. The van der Waals surface area contributed by atoms with E-state index in [4.69, 9.17) is 4.74 Å². The molecule has 0 aliphatic carbocycles. The van der Waals surface area contributed by atoms with Gasteiger partial charge in [-0.2, -0.15) is 0 Å². The molecule has 5 nitrogen and oxygen atoms in total. The van der Waals surface area contributed by atoms with E-state index in [-0.39, 0.29) is 18.0 Å². The number of benzene rings is 1. The van der Waals surface area contributed by atoms with Crippen LogP contribution in [0.2, 0.25) is 0 Å². The van der Waals surface area contributed by atoms with Crippen LogP contribution in [0.25, 0.3) is 0 Å². The molecule has 0 N–H and O–H groups in total. The van der Waals surface area contributed by atoms with E-state index in [1.54, 1.807) is 4.90 Å². The van der Waals surface area contributed by atoms with E-state index in [1.807, 2.05) is 49.1 Å². The fraction of sp³-hybridized carbons (Fsp3) is 0.500. The number of ether oxygens (including phenoxy) is 1. The molecule has 1 fully saturated rings. The van der Waals surface area contributed by atoms with Gasteiger partial charge >= 0.3 is 6.09 Å². The van der Waals surface area contributed by atoms with Crippen LogP contribution in [0.4, 0.5) is 4.79 Å². The minimum Gasteiger partial charge on any atom is -0.448 e. The van der Waals surface area contributed by atoms with Gasteiger partial charge in [0.15, 0.2) is 0 Å². The second-order valence-corrected chi connectivity index (χ2v) is 5.45. The van der Waals surface area contributed by atoms with Crippen molar-refractivity contribution >= 4 is 12.0 Å². The molecule has 0 bridgehead atoms. The lowest BCUT2D eigenvalue weighted by atomic mass is 10.1. The highest BCUT2D eigenvalue weighted by atomic mass is 16.6. The first-order chi connectivity index (χ1) is 10.1. The van der Waals surface area contributed by atoms with Crippen LogP contribution >= 0.6 is 0 Å². The number of amides is 2. The monoisotopic (exact) mass is 290 g/mol. The minimum absolute atomic E-state index is 0.0635. The van der Waals surface area contributed by atoms with Gasteiger partial charge in [-0.15, -0.1) is 0 Å². The maximum absolute atomic E-state index is 12.4. The highest BCUT2D eigenvalue weighted by Gasteiger charge is 2.24. The van der Waals surface area contributed by atoms with Crippen LogP contribution in [-0.2, 0) is 16.1 Å². The molecule has 2 amide bonds. The summed E-state index contributed by atoms with van der Waals surface area (Å²) < 4.78 is 4.86. The van der Waals surface area contributed by atoms with Gasteiger partial charge in [0.1, 0.15) is 6.61 Å². The highest BCUT2D eigenvalue weighted by Crippen LogP contribution is 2.11. The second-order valence-electron chi connectivity index (χ2n) is 5.45. The Kier molecular flexibility index (Phi) is 5.20. The van der Waals surface area contributed by atoms with Gasteiger partial charge in [0, 0.05) is 25.6 Å². The van der Waals surface area contributed by atoms with E-state index in [9.17, 15) is 9.59 Å². The van der Waals surface area contributed by atoms with Crippen molar-refractivity contribution in [3.8, 4) is 0 Å². The lowest BCUT2D eigenvalue weighted by molar-refractivity contribution is -0.133. The normalized spacial score (nSPS) is 14.4. The van der Waals surface area contributed by atoms with Gasteiger partial charge in [0.2, 0.25) is 5.91 Å². The Bertz CT molecular complexity index is 488. The van der Waals surface area contributed by atoms with E-state index >= 15 is 0 Å². The van der Waals surface area contributed by atoms with Crippen LogP contribution in [0, 0.1) is 0 Å². The zero-order valence-corrected chi connectivity index (χ0v) is 12.6. The molecule has 0 atom stereocenters. The average Bonchev–Trinajstić information content (AvgIpc) is 2.88. The Morgan fingerprint density at radius 2 is 2.05 bits per heavy atom. The van der Waals surface area contributed by atoms with Crippen LogP contribution in [0.1, 0.15) is 25.8 Å². The molecule has 0 unspecified atom stereocenters. The van der Waals surface area contributed by atoms with Gasteiger partial charge in [-0.25, -0.2) is 4.79 Å². The maximum atomic E-state index is 12.4. The second kappa shape index (κ2) is 7.11. The van der Waals surface area contributed by atoms with E-state index in [2.05, 4.69) is 0 Å². The highest BCUT2D eigenvalue weighted by molar-refractivity contribution is 5.77. The van der Waals surface area contributed by atoms with Crippen molar-refractivity contribution in [1.82, 2.24) is 9.80 Å². The summed E-state index contributed by atoms with van der Waals surface area (Å²) in [5.41, 5.74) is 1.11. The van der Waals surface area contributed by atoms with Crippen molar-refractivity contribution in [1.29, 1.82) is 0 Å². The molecule has 1 aromatic carbocycles. The Morgan fingerprint density at radius 3 is 2.62 bits per heavy atom. The molecule has 1 heterocycles. The Labute approximate surface area is 125 Å². The molecule has 1 aliphatic rings. The first-order valence-electron chi connectivity index (χ1n) is 7.33. The molecule has 0 radical (unpaired) electrons. The van der Waals surface area contributed by atoms with Crippen molar-refractivity contribution in [2.75, 3.05) is 19.7 Å². The summed E-state index contributed by atoms with van der Waals surface area (Å²) in [5.74, 6) is 0.0635. The van der Waals surface area contributed by atoms with Gasteiger partial charge in [-0.1, -0.05) is 30.3 Å². The molecule has 21 heavy (non-hydrogen) atoms. The van der Waals surface area contributed by atoms with Gasteiger partial charge in [-0.05, 0) is 19.4 Å². The number of hydrogen-bond donors (Lipinski definition) is 0. The van der Waals surface area contributed by atoms with Crippen LogP contribution in [0.3, 0.4) is 0 Å². The standard InChI is InChI=1S/C16H22N2O3/c1-13(2)18(12-14-6-4-3-5-7-14)15(19)8-9-17-10-11-21-16(17)20/h3-7,13H,8-12H2,1-2H3. The third-order valence-electron chi connectivity index (χ3n) is 3.58. The van der Waals surface area contributed by atoms with Gasteiger partial charge in [0.05, 0.1) is 6.54 Å². The summed E-state index contributed by atoms with van der Waals surface area (Å²) >= 11 is 0. The van der Waals surface area contributed by atoms with E-state index in [1.165, 1.54) is 0 Å². The number of carbonyl (C=O) groups excluding carboxylic acids is 2.